The normalized spacial score (nSPS) is 17.9. The molecule has 0 spiro atoms. The number of para-hydroxylation sites is 2. The molecule has 1 fully saturated rings. The topological polar surface area (TPSA) is 74.4 Å². The van der Waals surface area contributed by atoms with Crippen molar-refractivity contribution >= 4 is 33.3 Å². The van der Waals surface area contributed by atoms with Crippen LogP contribution in [0.4, 0.5) is 5.00 Å². The van der Waals surface area contributed by atoms with Crippen LogP contribution in [-0.4, -0.2) is 58.0 Å². The molecule has 1 atom stereocenters. The number of carbonyl (C=O) groups is 1. The fraction of sp³-hybridized carbons (Fsp3) is 0.320. The summed E-state index contributed by atoms with van der Waals surface area (Å²) in [4.78, 5) is 30.2. The molecule has 6 rings (SSSR count). The van der Waals surface area contributed by atoms with E-state index >= 15 is 0 Å². The second-order valence-corrected chi connectivity index (χ2v) is 9.54. The Morgan fingerprint density at radius 2 is 2.15 bits per heavy atom. The zero-order valence-corrected chi connectivity index (χ0v) is 19.3. The van der Waals surface area contributed by atoms with Crippen LogP contribution in [0.2, 0.25) is 0 Å². The van der Waals surface area contributed by atoms with E-state index in [-0.39, 0.29) is 11.9 Å². The average Bonchev–Trinajstić information content (AvgIpc) is 3.57. The van der Waals surface area contributed by atoms with Gasteiger partial charge in [0.1, 0.15) is 16.4 Å². The van der Waals surface area contributed by atoms with Gasteiger partial charge in [-0.05, 0) is 36.2 Å². The van der Waals surface area contributed by atoms with Crippen molar-refractivity contribution in [3.8, 4) is 17.3 Å². The highest BCUT2D eigenvalue weighted by Gasteiger charge is 2.30. The number of carbonyl (C=O) groups excluding carboxylic acids is 1. The second kappa shape index (κ2) is 8.19. The standard InChI is InChI=1S/C25H25N5O2S/c1-16-14-29(25-23(26-15-33-25)24-27-19-4-2-3-5-20(19)28-24)9-10-30(16)22(31)13-17-6-7-21-18(12-17)8-11-32-21/h2-7,12,15-16H,8-11,13-14H2,1H3,(H,27,28)/t16-/m1/s1. The highest BCUT2D eigenvalue weighted by Crippen LogP contribution is 2.34. The third-order valence-corrected chi connectivity index (χ3v) is 7.39. The van der Waals surface area contributed by atoms with Gasteiger partial charge in [0.05, 0.1) is 29.6 Å². The van der Waals surface area contributed by atoms with E-state index in [4.69, 9.17) is 9.72 Å². The monoisotopic (exact) mass is 459 g/mol. The Morgan fingerprint density at radius 3 is 3.03 bits per heavy atom. The van der Waals surface area contributed by atoms with Gasteiger partial charge in [0.15, 0.2) is 5.82 Å². The first-order valence-corrected chi connectivity index (χ1v) is 12.2. The van der Waals surface area contributed by atoms with Gasteiger partial charge in [0.25, 0.3) is 0 Å². The Kier molecular flexibility index (Phi) is 5.02. The predicted molar refractivity (Wildman–Crippen MR) is 130 cm³/mol. The lowest BCUT2D eigenvalue weighted by molar-refractivity contribution is -0.132. The van der Waals surface area contributed by atoms with E-state index in [1.807, 2.05) is 46.8 Å². The molecule has 0 aliphatic carbocycles. The van der Waals surface area contributed by atoms with Crippen LogP contribution in [0.3, 0.4) is 0 Å². The van der Waals surface area contributed by atoms with E-state index in [0.717, 1.165) is 65.0 Å². The zero-order chi connectivity index (χ0) is 22.4. The number of benzene rings is 2. The number of piperazine rings is 1. The summed E-state index contributed by atoms with van der Waals surface area (Å²) in [6.45, 7) is 5.12. The van der Waals surface area contributed by atoms with Crippen LogP contribution >= 0.6 is 11.3 Å². The minimum atomic E-state index is 0.120. The molecular weight excluding hydrogens is 434 g/mol. The number of H-pyrrole nitrogens is 1. The molecule has 2 aromatic heterocycles. The van der Waals surface area contributed by atoms with Gasteiger partial charge in [0, 0.05) is 32.1 Å². The van der Waals surface area contributed by atoms with Crippen molar-refractivity contribution in [2.45, 2.75) is 25.8 Å². The largest absolute Gasteiger partial charge is 0.493 e. The van der Waals surface area contributed by atoms with Crippen LogP contribution in [0.25, 0.3) is 22.6 Å². The number of thiazole rings is 1. The molecular formula is C25H25N5O2S. The quantitative estimate of drug-likeness (QED) is 0.501. The van der Waals surface area contributed by atoms with Crippen molar-refractivity contribution < 1.29 is 9.53 Å². The maximum atomic E-state index is 13.1. The second-order valence-electron chi connectivity index (χ2n) is 8.71. The van der Waals surface area contributed by atoms with E-state index < -0.39 is 0 Å². The van der Waals surface area contributed by atoms with Crippen LogP contribution in [0.1, 0.15) is 18.1 Å². The van der Waals surface area contributed by atoms with E-state index in [9.17, 15) is 4.79 Å². The van der Waals surface area contributed by atoms with E-state index in [1.54, 1.807) is 11.3 Å². The number of anilines is 1. The molecule has 0 saturated carbocycles. The van der Waals surface area contributed by atoms with Crippen molar-refractivity contribution in [3.05, 3.63) is 59.1 Å². The van der Waals surface area contributed by atoms with Crippen molar-refractivity contribution in [3.63, 3.8) is 0 Å². The molecule has 0 bridgehead atoms. The molecule has 168 valence electrons. The molecule has 2 aliphatic rings. The van der Waals surface area contributed by atoms with Crippen LogP contribution < -0.4 is 9.64 Å². The number of aromatic nitrogens is 3. The number of amides is 1. The molecule has 8 heteroatoms. The number of imidazole rings is 1. The van der Waals surface area contributed by atoms with Crippen molar-refractivity contribution in [1.82, 2.24) is 19.9 Å². The van der Waals surface area contributed by atoms with Crippen LogP contribution in [0.5, 0.6) is 5.75 Å². The minimum absolute atomic E-state index is 0.120. The molecule has 1 amide bonds. The van der Waals surface area contributed by atoms with Crippen LogP contribution in [-0.2, 0) is 17.6 Å². The first kappa shape index (κ1) is 20.2. The van der Waals surface area contributed by atoms with Gasteiger partial charge in [-0.25, -0.2) is 9.97 Å². The van der Waals surface area contributed by atoms with Crippen LogP contribution in [0, 0.1) is 0 Å². The Morgan fingerprint density at radius 1 is 1.24 bits per heavy atom. The summed E-state index contributed by atoms with van der Waals surface area (Å²) in [5, 5.41) is 1.10. The molecule has 2 aromatic carbocycles. The fourth-order valence-corrected chi connectivity index (χ4v) is 5.66. The number of nitrogens with zero attached hydrogens (tertiary/aromatic N) is 4. The van der Waals surface area contributed by atoms with Gasteiger partial charge >= 0.3 is 0 Å². The number of hydrogen-bond acceptors (Lipinski definition) is 6. The van der Waals surface area contributed by atoms with E-state index in [0.29, 0.717) is 13.0 Å². The van der Waals surface area contributed by atoms with E-state index in [1.165, 1.54) is 5.56 Å². The molecule has 33 heavy (non-hydrogen) atoms. The van der Waals surface area contributed by atoms with Crippen molar-refractivity contribution in [2.24, 2.45) is 0 Å². The summed E-state index contributed by atoms with van der Waals surface area (Å²) in [6.07, 6.45) is 1.36. The summed E-state index contributed by atoms with van der Waals surface area (Å²) in [5.41, 5.74) is 6.97. The summed E-state index contributed by atoms with van der Waals surface area (Å²) in [6, 6.07) is 14.3. The molecule has 0 unspecified atom stereocenters. The smallest absolute Gasteiger partial charge is 0.227 e. The lowest BCUT2D eigenvalue weighted by atomic mass is 10.0. The van der Waals surface area contributed by atoms with Gasteiger partial charge in [0.2, 0.25) is 5.91 Å². The summed E-state index contributed by atoms with van der Waals surface area (Å²) in [5.74, 6) is 1.93. The highest BCUT2D eigenvalue weighted by atomic mass is 32.1. The number of hydrogen-bond donors (Lipinski definition) is 1. The van der Waals surface area contributed by atoms with Crippen molar-refractivity contribution in [1.29, 1.82) is 0 Å². The molecule has 4 aromatic rings. The first-order valence-electron chi connectivity index (χ1n) is 11.3. The van der Waals surface area contributed by atoms with Gasteiger partial charge < -0.3 is 19.5 Å². The number of fused-ring (bicyclic) bond motifs is 2. The molecule has 7 nitrogen and oxygen atoms in total. The maximum absolute atomic E-state index is 13.1. The number of ether oxygens (including phenoxy) is 1. The van der Waals surface area contributed by atoms with Crippen molar-refractivity contribution in [2.75, 3.05) is 31.1 Å². The fourth-order valence-electron chi connectivity index (χ4n) is 4.83. The minimum Gasteiger partial charge on any atom is -0.493 e. The summed E-state index contributed by atoms with van der Waals surface area (Å²) in [7, 11) is 0. The molecule has 2 aliphatic heterocycles. The number of aromatic amines is 1. The average molecular weight is 460 g/mol. The Labute approximate surface area is 196 Å². The first-order chi connectivity index (χ1) is 16.2. The third kappa shape index (κ3) is 3.74. The Hall–Kier alpha value is -3.39. The lowest BCUT2D eigenvalue weighted by Gasteiger charge is -2.40. The molecule has 0 radical (unpaired) electrons. The van der Waals surface area contributed by atoms with Gasteiger partial charge in [-0.3, -0.25) is 4.79 Å². The van der Waals surface area contributed by atoms with Crippen LogP contribution in [0.15, 0.2) is 48.0 Å². The van der Waals surface area contributed by atoms with E-state index in [2.05, 4.69) is 27.9 Å². The lowest BCUT2D eigenvalue weighted by Crippen LogP contribution is -2.54. The molecule has 1 N–H and O–H groups in total. The summed E-state index contributed by atoms with van der Waals surface area (Å²) >= 11 is 1.63. The predicted octanol–water partition coefficient (Wildman–Crippen LogP) is 3.90. The maximum Gasteiger partial charge on any atom is 0.227 e. The molecule has 4 heterocycles. The van der Waals surface area contributed by atoms with Gasteiger partial charge in [-0.1, -0.05) is 24.3 Å². The SMILES string of the molecule is C[C@@H]1CN(c2scnc2-c2nc3ccccc3[nH]2)CCN1C(=O)Cc1ccc2c(c1)CCO2. The molecule has 1 saturated heterocycles. The van der Waals surface area contributed by atoms with Gasteiger partial charge in [-0.15, -0.1) is 11.3 Å². The third-order valence-electron chi connectivity index (χ3n) is 6.51. The summed E-state index contributed by atoms with van der Waals surface area (Å²) < 4.78 is 5.59. The zero-order valence-electron chi connectivity index (χ0n) is 18.5. The number of rotatable bonds is 4. The van der Waals surface area contributed by atoms with Gasteiger partial charge in [-0.2, -0.15) is 0 Å². The Bertz CT molecular complexity index is 1300. The highest BCUT2D eigenvalue weighted by molar-refractivity contribution is 7.14. The Balaban J connectivity index is 1.16. The number of nitrogens with one attached hydrogen (secondary N) is 1.